The van der Waals surface area contributed by atoms with Gasteiger partial charge in [0.15, 0.2) is 5.78 Å². The summed E-state index contributed by atoms with van der Waals surface area (Å²) in [5.41, 5.74) is 2.32. The summed E-state index contributed by atoms with van der Waals surface area (Å²) in [6, 6.07) is 13.3. The average Bonchev–Trinajstić information content (AvgIpc) is 3.37. The summed E-state index contributed by atoms with van der Waals surface area (Å²) in [5.74, 6) is 0.685. The van der Waals surface area contributed by atoms with Gasteiger partial charge in [-0.05, 0) is 45.1 Å². The topological polar surface area (TPSA) is 38.8 Å². The van der Waals surface area contributed by atoms with Gasteiger partial charge in [-0.25, -0.2) is 0 Å². The van der Waals surface area contributed by atoms with Crippen LogP contribution in [0.4, 0.5) is 0 Å². The van der Waals surface area contributed by atoms with Crippen molar-refractivity contribution in [3.05, 3.63) is 63.6 Å². The third-order valence-corrected chi connectivity index (χ3v) is 4.66. The van der Waals surface area contributed by atoms with E-state index in [0.29, 0.717) is 17.9 Å². The molecule has 126 valence electrons. The molecule has 1 saturated heterocycles. The summed E-state index contributed by atoms with van der Waals surface area (Å²) in [4.78, 5) is 13.0. The molecule has 3 rings (SSSR count). The monoisotopic (exact) mass is 388 g/mol. The van der Waals surface area contributed by atoms with E-state index in [0.717, 1.165) is 22.2 Å². The molecule has 0 bridgehead atoms. The van der Waals surface area contributed by atoms with Gasteiger partial charge in [-0.15, -0.1) is 0 Å². The first-order valence-corrected chi connectivity index (χ1v) is 8.84. The molecule has 0 N–H and O–H groups in total. The van der Waals surface area contributed by atoms with Crippen molar-refractivity contribution in [2.75, 3.05) is 13.2 Å². The number of carbonyl (C=O) groups is 1. The number of carbonyl (C=O) groups excluding carboxylic acids is 1. The van der Waals surface area contributed by atoms with Crippen LogP contribution < -0.4 is 4.74 Å². The van der Waals surface area contributed by atoms with E-state index < -0.39 is 0 Å². The first-order valence-electron chi connectivity index (χ1n) is 8.04. The highest BCUT2D eigenvalue weighted by atomic mass is 79.9. The molecule has 0 spiro atoms. The molecule has 0 radical (unpaired) electrons. The molecule has 1 aliphatic heterocycles. The predicted octanol–water partition coefficient (Wildman–Crippen LogP) is 4.76. The lowest BCUT2D eigenvalue weighted by molar-refractivity contribution is 0.103. The van der Waals surface area contributed by atoms with Crippen LogP contribution in [0.15, 0.2) is 46.9 Å². The van der Waals surface area contributed by atoms with Gasteiger partial charge in [-0.2, -0.15) is 0 Å². The Kier molecular flexibility index (Phi) is 4.79. The van der Waals surface area contributed by atoms with Crippen molar-refractivity contribution < 1.29 is 14.3 Å². The number of ketones is 1. The summed E-state index contributed by atoms with van der Waals surface area (Å²) in [6.07, 6.45) is 0.179. The lowest BCUT2D eigenvalue weighted by atomic mass is 9.82. The van der Waals surface area contributed by atoms with Crippen LogP contribution in [0.5, 0.6) is 5.75 Å². The summed E-state index contributed by atoms with van der Waals surface area (Å²) < 4.78 is 11.8. The normalized spacial score (nSPS) is 16.8. The van der Waals surface area contributed by atoms with Gasteiger partial charge < -0.3 is 9.47 Å². The van der Waals surface area contributed by atoms with Crippen LogP contribution in [-0.4, -0.2) is 25.1 Å². The molecule has 0 aliphatic carbocycles. The lowest BCUT2D eigenvalue weighted by Gasteiger charge is -2.22. The molecule has 1 unspecified atom stereocenters. The molecule has 1 aliphatic rings. The molecule has 24 heavy (non-hydrogen) atoms. The van der Waals surface area contributed by atoms with Gasteiger partial charge in [-0.3, -0.25) is 4.79 Å². The van der Waals surface area contributed by atoms with Crippen LogP contribution >= 0.6 is 15.9 Å². The molecule has 4 heteroatoms. The van der Waals surface area contributed by atoms with Gasteiger partial charge in [0.1, 0.15) is 18.5 Å². The summed E-state index contributed by atoms with van der Waals surface area (Å²) in [6.45, 7) is 7.60. The van der Waals surface area contributed by atoms with E-state index >= 15 is 0 Å². The van der Waals surface area contributed by atoms with Gasteiger partial charge in [0.05, 0.1) is 11.1 Å². The highest BCUT2D eigenvalue weighted by Gasteiger charge is 2.25. The van der Waals surface area contributed by atoms with E-state index in [2.05, 4.69) is 36.7 Å². The van der Waals surface area contributed by atoms with E-state index in [1.807, 2.05) is 36.4 Å². The quantitative estimate of drug-likeness (QED) is 0.547. The maximum absolute atomic E-state index is 13.0. The van der Waals surface area contributed by atoms with Crippen molar-refractivity contribution >= 4 is 21.7 Å². The Morgan fingerprint density at radius 2 is 1.96 bits per heavy atom. The number of halogens is 1. The third kappa shape index (κ3) is 3.87. The molecular weight excluding hydrogens is 368 g/mol. The Hall–Kier alpha value is -1.65. The van der Waals surface area contributed by atoms with Crippen LogP contribution in [0.3, 0.4) is 0 Å². The van der Waals surface area contributed by atoms with Gasteiger partial charge in [0.25, 0.3) is 0 Å². The van der Waals surface area contributed by atoms with Crippen molar-refractivity contribution in [2.45, 2.75) is 32.3 Å². The first-order chi connectivity index (χ1) is 11.4. The SMILES string of the molecule is CC(C)(C)c1ccccc1C(=O)c1ccc(Br)c(OCC2CO2)c1. The van der Waals surface area contributed by atoms with Crippen molar-refractivity contribution in [2.24, 2.45) is 0 Å². The molecular formula is C20H21BrO3. The molecule has 0 aromatic heterocycles. The summed E-state index contributed by atoms with van der Waals surface area (Å²) >= 11 is 3.48. The van der Waals surface area contributed by atoms with Crippen LogP contribution in [0, 0.1) is 0 Å². The largest absolute Gasteiger partial charge is 0.490 e. The van der Waals surface area contributed by atoms with Crippen LogP contribution in [0.2, 0.25) is 0 Å². The summed E-state index contributed by atoms with van der Waals surface area (Å²) in [7, 11) is 0. The highest BCUT2D eigenvalue weighted by Crippen LogP contribution is 2.31. The highest BCUT2D eigenvalue weighted by molar-refractivity contribution is 9.10. The Bertz CT molecular complexity index is 758. The van der Waals surface area contributed by atoms with Crippen LogP contribution in [-0.2, 0) is 10.2 Å². The Labute approximate surface area is 151 Å². The molecule has 0 amide bonds. The van der Waals surface area contributed by atoms with E-state index in [1.54, 1.807) is 6.07 Å². The van der Waals surface area contributed by atoms with Gasteiger partial charge in [0, 0.05) is 11.1 Å². The van der Waals surface area contributed by atoms with Crippen LogP contribution in [0.1, 0.15) is 42.3 Å². The zero-order valence-electron chi connectivity index (χ0n) is 14.1. The van der Waals surface area contributed by atoms with Crippen LogP contribution in [0.25, 0.3) is 0 Å². The fourth-order valence-electron chi connectivity index (χ4n) is 2.59. The predicted molar refractivity (Wildman–Crippen MR) is 98.0 cm³/mol. The third-order valence-electron chi connectivity index (χ3n) is 4.00. The second-order valence-corrected chi connectivity index (χ2v) is 7.89. The van der Waals surface area contributed by atoms with Gasteiger partial charge in [-0.1, -0.05) is 45.0 Å². The van der Waals surface area contributed by atoms with E-state index in [-0.39, 0.29) is 17.3 Å². The molecule has 2 aromatic rings. The fraction of sp³-hybridized carbons (Fsp3) is 0.350. The van der Waals surface area contributed by atoms with Gasteiger partial charge in [0.2, 0.25) is 0 Å². The van der Waals surface area contributed by atoms with Gasteiger partial charge >= 0.3 is 0 Å². The average molecular weight is 389 g/mol. The smallest absolute Gasteiger partial charge is 0.193 e. The standard InChI is InChI=1S/C20H21BrO3/c1-20(2,3)16-7-5-4-6-15(16)19(22)13-8-9-17(21)18(10-13)24-12-14-11-23-14/h4-10,14H,11-12H2,1-3H3. The first kappa shape index (κ1) is 17.2. The number of benzene rings is 2. The fourth-order valence-corrected chi connectivity index (χ4v) is 2.95. The minimum atomic E-state index is -0.0930. The zero-order valence-corrected chi connectivity index (χ0v) is 15.7. The molecule has 1 atom stereocenters. The zero-order chi connectivity index (χ0) is 17.3. The summed E-state index contributed by atoms with van der Waals surface area (Å²) in [5, 5.41) is 0. The number of hydrogen-bond donors (Lipinski definition) is 0. The molecule has 0 saturated carbocycles. The number of ether oxygens (including phenoxy) is 2. The van der Waals surface area contributed by atoms with Crippen molar-refractivity contribution in [1.82, 2.24) is 0 Å². The van der Waals surface area contributed by atoms with E-state index in [4.69, 9.17) is 9.47 Å². The van der Waals surface area contributed by atoms with Crippen molar-refractivity contribution in [3.8, 4) is 5.75 Å². The van der Waals surface area contributed by atoms with Crippen molar-refractivity contribution in [3.63, 3.8) is 0 Å². The second-order valence-electron chi connectivity index (χ2n) is 7.04. The number of rotatable bonds is 5. The lowest BCUT2D eigenvalue weighted by Crippen LogP contribution is -2.17. The number of epoxide rings is 1. The van der Waals surface area contributed by atoms with Crippen molar-refractivity contribution in [1.29, 1.82) is 0 Å². The minimum Gasteiger partial charge on any atom is -0.490 e. The number of hydrogen-bond acceptors (Lipinski definition) is 3. The second kappa shape index (κ2) is 6.69. The maximum Gasteiger partial charge on any atom is 0.193 e. The minimum absolute atomic E-state index is 0.0144. The Morgan fingerprint density at radius 1 is 1.25 bits per heavy atom. The molecule has 3 nitrogen and oxygen atoms in total. The Balaban J connectivity index is 1.91. The molecule has 2 aromatic carbocycles. The maximum atomic E-state index is 13.0. The van der Waals surface area contributed by atoms with E-state index in [1.165, 1.54) is 0 Å². The Morgan fingerprint density at radius 3 is 2.62 bits per heavy atom. The molecule has 1 heterocycles. The molecule has 1 fully saturated rings. The van der Waals surface area contributed by atoms with E-state index in [9.17, 15) is 4.79 Å².